The van der Waals surface area contributed by atoms with Crippen molar-refractivity contribution in [2.45, 2.75) is 64.2 Å². The fourth-order valence-electron chi connectivity index (χ4n) is 5.56. The minimum absolute atomic E-state index is 0.00643. The highest BCUT2D eigenvalue weighted by molar-refractivity contribution is 5.99. The average molecular weight is 489 g/mol. The third-order valence-electron chi connectivity index (χ3n) is 7.32. The van der Waals surface area contributed by atoms with Gasteiger partial charge in [-0.2, -0.15) is 0 Å². The summed E-state index contributed by atoms with van der Waals surface area (Å²) >= 11 is 0. The quantitative estimate of drug-likeness (QED) is 0.478. The number of carbonyl (C=O) groups is 2. The Kier molecular flexibility index (Phi) is 6.06. The smallest absolute Gasteiger partial charge is 0.275 e. The van der Waals surface area contributed by atoms with Gasteiger partial charge in [0.15, 0.2) is 23.1 Å². The molecule has 1 aliphatic carbocycles. The van der Waals surface area contributed by atoms with E-state index in [0.29, 0.717) is 31.0 Å². The van der Waals surface area contributed by atoms with E-state index in [1.807, 2.05) is 11.8 Å². The van der Waals surface area contributed by atoms with E-state index >= 15 is 0 Å². The monoisotopic (exact) mass is 489 g/mol. The predicted octanol–water partition coefficient (Wildman–Crippen LogP) is 3.38. The van der Waals surface area contributed by atoms with Crippen molar-refractivity contribution in [3.8, 4) is 5.75 Å². The summed E-state index contributed by atoms with van der Waals surface area (Å²) in [4.78, 5) is 41.6. The molecule has 5 rings (SSSR count). The summed E-state index contributed by atoms with van der Waals surface area (Å²) < 4.78 is 48.1. The van der Waals surface area contributed by atoms with Crippen molar-refractivity contribution < 1.29 is 27.5 Å². The van der Waals surface area contributed by atoms with E-state index in [1.54, 1.807) is 4.57 Å². The first-order valence-corrected chi connectivity index (χ1v) is 11.9. The third kappa shape index (κ3) is 3.98. The van der Waals surface area contributed by atoms with Crippen LogP contribution < -0.4 is 15.5 Å². The Morgan fingerprint density at radius 1 is 1.14 bits per heavy atom. The maximum absolute atomic E-state index is 14.0. The standard InChI is InChI=1S/C25H26F3N3O4/c1-2-3-6-35-23-21-25(34)31-15-5-4-13(7-15)20(31)12-30(21)11-16(22(23)32)24(33)29-10-14-8-18(27)19(28)9-17(14)26/h8-9,11,13,15,20H,2-7,10,12H2,1H3,(H,29,33)/t13-,15+,20+/m1/s1. The SMILES string of the molecule is CCCCOc1c2n(cc(C(=O)NCc3cc(F)c(F)cc3F)c1=O)C[C@H]1[C@@H]3CC[C@@H](C3)N1C2=O. The van der Waals surface area contributed by atoms with Crippen LogP contribution in [-0.4, -0.2) is 40.0 Å². The van der Waals surface area contributed by atoms with Gasteiger partial charge in [-0.15, -0.1) is 0 Å². The molecule has 186 valence electrons. The van der Waals surface area contributed by atoms with E-state index in [1.165, 1.54) is 6.20 Å². The zero-order valence-electron chi connectivity index (χ0n) is 19.3. The van der Waals surface area contributed by atoms with Gasteiger partial charge in [-0.1, -0.05) is 13.3 Å². The van der Waals surface area contributed by atoms with Gasteiger partial charge >= 0.3 is 0 Å². The molecule has 1 aromatic heterocycles. The lowest BCUT2D eigenvalue weighted by molar-refractivity contribution is 0.0479. The summed E-state index contributed by atoms with van der Waals surface area (Å²) in [6.45, 7) is 2.18. The molecule has 1 saturated heterocycles. The summed E-state index contributed by atoms with van der Waals surface area (Å²) in [7, 11) is 0. The molecular formula is C25H26F3N3O4. The summed E-state index contributed by atoms with van der Waals surface area (Å²) in [5.41, 5.74) is -1.10. The number of aromatic nitrogens is 1. The number of pyridine rings is 1. The summed E-state index contributed by atoms with van der Waals surface area (Å²) in [6.07, 6.45) is 5.76. The van der Waals surface area contributed by atoms with Gasteiger partial charge < -0.3 is 19.5 Å². The number of hydrogen-bond acceptors (Lipinski definition) is 4. The number of unbranched alkanes of at least 4 members (excludes halogenated alkanes) is 1. The highest BCUT2D eigenvalue weighted by atomic mass is 19.2. The van der Waals surface area contributed by atoms with Gasteiger partial charge in [0.25, 0.3) is 11.8 Å². The van der Waals surface area contributed by atoms with Crippen LogP contribution in [0.1, 0.15) is 65.4 Å². The number of rotatable bonds is 7. The molecule has 1 saturated carbocycles. The zero-order valence-corrected chi connectivity index (χ0v) is 19.3. The normalized spacial score (nSPS) is 22.2. The van der Waals surface area contributed by atoms with Crippen LogP contribution in [0.5, 0.6) is 5.75 Å². The van der Waals surface area contributed by atoms with Crippen molar-refractivity contribution in [3.63, 3.8) is 0 Å². The molecule has 10 heteroatoms. The van der Waals surface area contributed by atoms with E-state index in [0.717, 1.165) is 25.7 Å². The number of halogens is 3. The Labute approximate surface area is 199 Å². The van der Waals surface area contributed by atoms with Gasteiger partial charge in [0.2, 0.25) is 5.43 Å². The number of nitrogens with zero attached hydrogens (tertiary/aromatic N) is 2. The second-order valence-electron chi connectivity index (χ2n) is 9.45. The molecule has 2 amide bonds. The van der Waals surface area contributed by atoms with Gasteiger partial charge in [0.1, 0.15) is 11.4 Å². The van der Waals surface area contributed by atoms with Gasteiger partial charge in [-0.05, 0) is 37.7 Å². The van der Waals surface area contributed by atoms with Crippen LogP contribution in [-0.2, 0) is 13.1 Å². The maximum Gasteiger partial charge on any atom is 0.275 e. The first-order valence-electron chi connectivity index (χ1n) is 11.9. The number of hydrogen-bond donors (Lipinski definition) is 1. The van der Waals surface area contributed by atoms with E-state index < -0.39 is 35.3 Å². The zero-order chi connectivity index (χ0) is 24.9. The number of nitrogens with one attached hydrogen (secondary N) is 1. The molecule has 3 aliphatic rings. The van der Waals surface area contributed by atoms with E-state index in [-0.39, 0.29) is 47.2 Å². The van der Waals surface area contributed by atoms with Crippen LogP contribution in [0.15, 0.2) is 23.1 Å². The number of piperidine rings is 1. The van der Waals surface area contributed by atoms with Gasteiger partial charge in [-0.25, -0.2) is 13.2 Å². The Morgan fingerprint density at radius 2 is 1.91 bits per heavy atom. The number of carbonyl (C=O) groups excluding carboxylic acids is 2. The van der Waals surface area contributed by atoms with Crippen molar-refractivity contribution in [2.75, 3.05) is 6.61 Å². The molecule has 2 aromatic rings. The molecule has 3 heterocycles. The van der Waals surface area contributed by atoms with Gasteiger partial charge in [0, 0.05) is 37.0 Å². The second-order valence-corrected chi connectivity index (χ2v) is 9.45. The lowest BCUT2D eigenvalue weighted by Crippen LogP contribution is -2.52. The number of amides is 2. The molecule has 2 aliphatic heterocycles. The van der Waals surface area contributed by atoms with E-state index in [2.05, 4.69) is 5.32 Å². The van der Waals surface area contributed by atoms with Gasteiger partial charge in [0.05, 0.1) is 12.6 Å². The van der Waals surface area contributed by atoms with E-state index in [4.69, 9.17) is 4.74 Å². The number of benzene rings is 1. The maximum atomic E-state index is 14.0. The highest BCUT2D eigenvalue weighted by Gasteiger charge is 2.51. The largest absolute Gasteiger partial charge is 0.487 e. The van der Waals surface area contributed by atoms with Crippen LogP contribution in [0.25, 0.3) is 0 Å². The molecule has 2 fully saturated rings. The van der Waals surface area contributed by atoms with E-state index in [9.17, 15) is 27.6 Å². The molecule has 1 N–H and O–H groups in total. The number of ether oxygens (including phenoxy) is 1. The fourth-order valence-corrected chi connectivity index (χ4v) is 5.56. The predicted molar refractivity (Wildman–Crippen MR) is 120 cm³/mol. The van der Waals surface area contributed by atoms with Crippen molar-refractivity contribution in [2.24, 2.45) is 5.92 Å². The molecule has 0 spiro atoms. The lowest BCUT2D eigenvalue weighted by atomic mass is 9.95. The number of fused-ring (bicyclic) bond motifs is 6. The minimum Gasteiger partial charge on any atom is -0.487 e. The van der Waals surface area contributed by atoms with Crippen LogP contribution in [0, 0.1) is 23.4 Å². The highest BCUT2D eigenvalue weighted by Crippen LogP contribution is 2.46. The summed E-state index contributed by atoms with van der Waals surface area (Å²) in [5.74, 6) is -4.45. The second kappa shape index (κ2) is 9.05. The third-order valence-corrected chi connectivity index (χ3v) is 7.32. The van der Waals surface area contributed by atoms with Crippen molar-refractivity contribution in [3.05, 3.63) is 62.8 Å². The molecule has 0 unspecified atom stereocenters. The fraction of sp³-hybridized carbons (Fsp3) is 0.480. The first-order chi connectivity index (χ1) is 16.8. The van der Waals surface area contributed by atoms with Crippen molar-refractivity contribution >= 4 is 11.8 Å². The lowest BCUT2D eigenvalue weighted by Gasteiger charge is -2.40. The van der Waals surface area contributed by atoms with Crippen molar-refractivity contribution in [1.82, 2.24) is 14.8 Å². The van der Waals surface area contributed by atoms with Crippen LogP contribution >= 0.6 is 0 Å². The van der Waals surface area contributed by atoms with Crippen molar-refractivity contribution in [1.29, 1.82) is 0 Å². The van der Waals surface area contributed by atoms with Crippen LogP contribution in [0.4, 0.5) is 13.2 Å². The van der Waals surface area contributed by atoms with Crippen LogP contribution in [0.3, 0.4) is 0 Å². The molecule has 35 heavy (non-hydrogen) atoms. The Hall–Kier alpha value is -3.30. The Balaban J connectivity index is 1.48. The summed E-state index contributed by atoms with van der Waals surface area (Å²) in [6, 6.07) is 1.23. The van der Waals surface area contributed by atoms with Crippen LogP contribution in [0.2, 0.25) is 0 Å². The molecular weight excluding hydrogens is 463 g/mol. The average Bonchev–Trinajstić information content (AvgIpc) is 3.44. The topological polar surface area (TPSA) is 80.6 Å². The van der Waals surface area contributed by atoms with Gasteiger partial charge in [-0.3, -0.25) is 14.4 Å². The molecule has 1 aromatic carbocycles. The first kappa shape index (κ1) is 23.4. The minimum atomic E-state index is -1.33. The summed E-state index contributed by atoms with van der Waals surface area (Å²) in [5, 5.41) is 2.40. The molecule has 3 atom stereocenters. The molecule has 7 nitrogen and oxygen atoms in total. The Morgan fingerprint density at radius 3 is 2.69 bits per heavy atom. The molecule has 2 bridgehead atoms. The Bertz CT molecular complexity index is 1260. The molecule has 0 radical (unpaired) electrons.